The van der Waals surface area contributed by atoms with E-state index in [9.17, 15) is 0 Å². The Morgan fingerprint density at radius 3 is 1.10 bits per heavy atom. The van der Waals surface area contributed by atoms with Crippen LogP contribution in [0.25, 0.3) is 0 Å². The minimum Gasteiger partial charge on any atom is -0.344 e. The van der Waals surface area contributed by atoms with E-state index in [2.05, 4.69) is 52.0 Å². The van der Waals surface area contributed by atoms with Crippen LogP contribution in [-0.2, 0) is 18.9 Å². The molecule has 0 bridgehead atoms. The highest BCUT2D eigenvalue weighted by molar-refractivity contribution is 7.73. The molecule has 30 heavy (non-hydrogen) atoms. The zero-order valence-corrected chi connectivity index (χ0v) is 21.2. The van der Waals surface area contributed by atoms with Crippen molar-refractivity contribution in [3.8, 4) is 0 Å². The summed E-state index contributed by atoms with van der Waals surface area (Å²) in [4.78, 5) is 0. The molecule has 0 amide bonds. The normalized spacial score (nSPS) is 48.7. The summed E-state index contributed by atoms with van der Waals surface area (Å²) in [5.74, 6) is -0.924. The average molecular weight is 450 g/mol. The molecule has 4 heterocycles. The Kier molecular flexibility index (Phi) is 5.23. The fraction of sp³-hybridized carbons (Fsp3) is 0.750. The lowest BCUT2D eigenvalue weighted by molar-refractivity contribution is -0.147. The smallest absolute Gasteiger partial charge is 0.163 e. The lowest BCUT2D eigenvalue weighted by Gasteiger charge is -2.33. The van der Waals surface area contributed by atoms with Crippen molar-refractivity contribution in [3.63, 3.8) is 0 Å². The van der Waals surface area contributed by atoms with Crippen LogP contribution in [-0.4, -0.2) is 58.6 Å². The van der Waals surface area contributed by atoms with Crippen LogP contribution in [0.3, 0.4) is 0 Å². The highest BCUT2D eigenvalue weighted by atomic mass is 31.1. The summed E-state index contributed by atoms with van der Waals surface area (Å²) in [6.07, 6.45) is 0.805. The van der Waals surface area contributed by atoms with Crippen molar-refractivity contribution in [2.75, 3.05) is 0 Å². The van der Waals surface area contributed by atoms with Gasteiger partial charge in [-0.1, -0.05) is 67.8 Å². The Morgan fingerprint density at radius 1 is 0.567 bits per heavy atom. The summed E-state index contributed by atoms with van der Waals surface area (Å²) in [6.45, 7) is 17.7. The van der Waals surface area contributed by atoms with Gasteiger partial charge in [-0.15, -0.1) is 0 Å². The zero-order chi connectivity index (χ0) is 21.6. The fourth-order valence-corrected chi connectivity index (χ4v) is 13.6. The first-order chi connectivity index (χ1) is 14.0. The molecule has 6 heteroatoms. The molecule has 10 atom stereocenters. The van der Waals surface area contributed by atoms with Gasteiger partial charge in [0.15, 0.2) is 11.6 Å². The second kappa shape index (κ2) is 7.21. The SMILES string of the molecule is CC1[C@H]2OC(C)(C)O[C@H]2[C@@H](C)P1c1ccccc1P1C(C)[C@H]2OC(C)(C)O[C@H]2[C@H]1C. The maximum absolute atomic E-state index is 6.36. The highest BCUT2D eigenvalue weighted by Gasteiger charge is 2.58. The number of hydrogen-bond donors (Lipinski definition) is 0. The van der Waals surface area contributed by atoms with Gasteiger partial charge in [0.1, 0.15) is 0 Å². The van der Waals surface area contributed by atoms with E-state index in [-0.39, 0.29) is 40.3 Å². The Balaban J connectivity index is 1.48. The van der Waals surface area contributed by atoms with Crippen LogP contribution >= 0.6 is 15.8 Å². The molecular formula is C24H36O4P2. The summed E-state index contributed by atoms with van der Waals surface area (Å²) in [6, 6.07) is 9.22. The molecule has 0 saturated carbocycles. The van der Waals surface area contributed by atoms with E-state index < -0.39 is 11.6 Å². The Labute approximate surface area is 183 Å². The summed E-state index contributed by atoms with van der Waals surface area (Å²) >= 11 is 0. The number of rotatable bonds is 2. The van der Waals surface area contributed by atoms with Gasteiger partial charge < -0.3 is 18.9 Å². The predicted molar refractivity (Wildman–Crippen MR) is 125 cm³/mol. The van der Waals surface area contributed by atoms with Crippen LogP contribution in [0.4, 0.5) is 0 Å². The van der Waals surface area contributed by atoms with Crippen molar-refractivity contribution in [1.82, 2.24) is 0 Å². The molecule has 1 aromatic carbocycles. The number of fused-ring (bicyclic) bond motifs is 2. The van der Waals surface area contributed by atoms with E-state index in [4.69, 9.17) is 18.9 Å². The molecule has 0 aromatic heterocycles. The second-order valence-electron chi connectivity index (χ2n) is 10.4. The van der Waals surface area contributed by atoms with Crippen LogP contribution in [0.15, 0.2) is 24.3 Å². The minimum absolute atomic E-state index is 0.201. The Bertz CT molecular complexity index is 720. The minimum atomic E-state index is -0.462. The molecular weight excluding hydrogens is 414 g/mol. The van der Waals surface area contributed by atoms with Crippen molar-refractivity contribution in [3.05, 3.63) is 24.3 Å². The first kappa shape index (κ1) is 21.7. The molecule has 166 valence electrons. The van der Waals surface area contributed by atoms with Gasteiger partial charge in [-0.3, -0.25) is 0 Å². The average Bonchev–Trinajstić information content (AvgIpc) is 3.29. The van der Waals surface area contributed by atoms with Crippen molar-refractivity contribution in [2.24, 2.45) is 0 Å². The van der Waals surface area contributed by atoms with E-state index in [1.807, 2.05) is 27.7 Å². The third-order valence-corrected chi connectivity index (χ3v) is 14.2. The van der Waals surface area contributed by atoms with Crippen LogP contribution < -0.4 is 10.6 Å². The highest BCUT2D eigenvalue weighted by Crippen LogP contribution is 2.63. The third-order valence-electron chi connectivity index (χ3n) is 7.42. The van der Waals surface area contributed by atoms with Crippen molar-refractivity contribution >= 4 is 26.5 Å². The van der Waals surface area contributed by atoms with Crippen molar-refractivity contribution in [1.29, 1.82) is 0 Å². The lowest BCUT2D eigenvalue weighted by Crippen LogP contribution is -2.34. The van der Waals surface area contributed by atoms with E-state index in [1.165, 1.54) is 0 Å². The molecule has 1 aromatic rings. The van der Waals surface area contributed by atoms with Gasteiger partial charge in [0.05, 0.1) is 24.4 Å². The monoisotopic (exact) mass is 450 g/mol. The van der Waals surface area contributed by atoms with Gasteiger partial charge >= 0.3 is 0 Å². The van der Waals surface area contributed by atoms with Crippen LogP contribution in [0, 0.1) is 0 Å². The fourth-order valence-electron chi connectivity index (χ4n) is 6.28. The zero-order valence-electron chi connectivity index (χ0n) is 19.5. The molecule has 4 saturated heterocycles. The van der Waals surface area contributed by atoms with Crippen molar-refractivity contribution in [2.45, 2.75) is 114 Å². The van der Waals surface area contributed by atoms with Gasteiger partial charge in [-0.05, 0) is 38.3 Å². The maximum Gasteiger partial charge on any atom is 0.163 e. The first-order valence-corrected chi connectivity index (χ1v) is 14.3. The van der Waals surface area contributed by atoms with Gasteiger partial charge in [-0.25, -0.2) is 0 Å². The van der Waals surface area contributed by atoms with Crippen LogP contribution in [0.5, 0.6) is 0 Å². The second-order valence-corrected chi connectivity index (χ2v) is 16.2. The number of hydrogen-bond acceptors (Lipinski definition) is 4. The third kappa shape index (κ3) is 3.25. The van der Waals surface area contributed by atoms with Gasteiger partial charge in [0.2, 0.25) is 0 Å². The van der Waals surface area contributed by atoms with E-state index in [0.29, 0.717) is 22.6 Å². The van der Waals surface area contributed by atoms with E-state index >= 15 is 0 Å². The molecule has 0 N–H and O–H groups in total. The van der Waals surface area contributed by atoms with E-state index in [0.717, 1.165) is 0 Å². The van der Waals surface area contributed by atoms with Gasteiger partial charge in [0.25, 0.3) is 0 Å². The van der Waals surface area contributed by atoms with Crippen molar-refractivity contribution < 1.29 is 18.9 Å². The quantitative estimate of drug-likeness (QED) is 0.621. The Morgan fingerprint density at radius 2 is 0.833 bits per heavy atom. The standard InChI is InChI=1S/C24H36O4P2/c1-13-19-20(26-23(5,6)25-19)14(2)29(13)17-11-9-10-12-18(17)30-15(3)21-22(16(30)4)28-24(7,8)27-21/h9-16,19-22H,1-8H3/t13-,14?,15-,16?,19+,20-,21+,22-,29?,30?/m1/s1. The first-order valence-electron chi connectivity index (χ1n) is 11.4. The molecule has 0 aliphatic carbocycles. The summed E-state index contributed by atoms with van der Waals surface area (Å²) < 4.78 is 25.4. The van der Waals surface area contributed by atoms with E-state index in [1.54, 1.807) is 10.6 Å². The molecule has 4 aliphatic rings. The maximum atomic E-state index is 6.36. The topological polar surface area (TPSA) is 36.9 Å². The largest absolute Gasteiger partial charge is 0.344 e. The number of benzene rings is 1. The summed E-state index contributed by atoms with van der Waals surface area (Å²) in [7, 11) is -0.723. The predicted octanol–water partition coefficient (Wildman–Crippen LogP) is 4.52. The molecule has 0 radical (unpaired) electrons. The van der Waals surface area contributed by atoms with Crippen LogP contribution in [0.2, 0.25) is 0 Å². The summed E-state index contributed by atoms with van der Waals surface area (Å²) in [5, 5.41) is 3.13. The molecule has 5 rings (SSSR count). The molecule has 4 unspecified atom stereocenters. The summed E-state index contributed by atoms with van der Waals surface area (Å²) in [5.41, 5.74) is 1.99. The molecule has 4 aliphatic heterocycles. The molecule has 4 fully saturated rings. The Hall–Kier alpha value is -0.0800. The van der Waals surface area contributed by atoms with Gasteiger partial charge in [0, 0.05) is 22.6 Å². The molecule has 4 nitrogen and oxygen atoms in total. The van der Waals surface area contributed by atoms with Crippen LogP contribution in [0.1, 0.15) is 55.4 Å². The molecule has 0 spiro atoms. The van der Waals surface area contributed by atoms with Gasteiger partial charge in [-0.2, -0.15) is 0 Å². The lowest BCUT2D eigenvalue weighted by atomic mass is 10.1. The number of ether oxygens (including phenoxy) is 4.